The van der Waals surface area contributed by atoms with E-state index in [2.05, 4.69) is 63.9 Å². The van der Waals surface area contributed by atoms with Gasteiger partial charge >= 0.3 is 0 Å². The van der Waals surface area contributed by atoms with Gasteiger partial charge in [0.25, 0.3) is 0 Å². The van der Waals surface area contributed by atoms with Gasteiger partial charge in [0, 0.05) is 37.4 Å². The molecule has 0 amide bonds. The standard InChI is InChI=1S/C21H25ClN4.HI/c1-16(18-8-10-19(22)11-9-18)25-21(23-2)24-15-17-6-5-7-20(14-17)26-12-3-4-13-26;/h3-11,14,16H,12-13,15H2,1-2H3,(H2,23,24,25);1H. The highest BCUT2D eigenvalue weighted by Gasteiger charge is 2.10. The second-order valence-electron chi connectivity index (χ2n) is 6.39. The Morgan fingerprint density at radius 1 is 1.15 bits per heavy atom. The van der Waals surface area contributed by atoms with E-state index in [1.54, 1.807) is 7.05 Å². The maximum atomic E-state index is 5.96. The first-order valence-corrected chi connectivity index (χ1v) is 9.25. The molecule has 1 heterocycles. The normalized spacial score (nSPS) is 14.6. The number of anilines is 1. The second kappa shape index (κ2) is 10.6. The van der Waals surface area contributed by atoms with E-state index in [0.29, 0.717) is 0 Å². The van der Waals surface area contributed by atoms with Crippen LogP contribution in [0, 0.1) is 0 Å². The summed E-state index contributed by atoms with van der Waals surface area (Å²) in [6, 6.07) is 16.6. The van der Waals surface area contributed by atoms with Crippen LogP contribution in [0.4, 0.5) is 5.69 Å². The summed E-state index contributed by atoms with van der Waals surface area (Å²) in [4.78, 5) is 6.68. The number of guanidine groups is 1. The van der Waals surface area contributed by atoms with Gasteiger partial charge in [0.2, 0.25) is 0 Å². The van der Waals surface area contributed by atoms with E-state index in [1.165, 1.54) is 16.8 Å². The Morgan fingerprint density at radius 3 is 2.52 bits per heavy atom. The van der Waals surface area contributed by atoms with Crippen LogP contribution >= 0.6 is 35.6 Å². The Kier molecular flexibility index (Phi) is 8.44. The molecule has 0 saturated heterocycles. The van der Waals surface area contributed by atoms with Gasteiger partial charge in [0.05, 0.1) is 6.04 Å². The number of aliphatic imine (C=N–C) groups is 1. The van der Waals surface area contributed by atoms with Gasteiger partial charge in [0.15, 0.2) is 5.96 Å². The van der Waals surface area contributed by atoms with Crippen molar-refractivity contribution in [1.29, 1.82) is 0 Å². The van der Waals surface area contributed by atoms with E-state index in [4.69, 9.17) is 11.6 Å². The molecular formula is C21H26ClIN4. The molecule has 0 fully saturated rings. The van der Waals surface area contributed by atoms with Gasteiger partial charge in [-0.25, -0.2) is 0 Å². The molecule has 2 aromatic rings. The maximum Gasteiger partial charge on any atom is 0.191 e. The van der Waals surface area contributed by atoms with Gasteiger partial charge < -0.3 is 15.5 Å². The van der Waals surface area contributed by atoms with Crippen LogP contribution in [0.1, 0.15) is 24.1 Å². The van der Waals surface area contributed by atoms with Crippen LogP contribution in [0.2, 0.25) is 5.02 Å². The highest BCUT2D eigenvalue weighted by Crippen LogP contribution is 2.19. The van der Waals surface area contributed by atoms with Crippen LogP contribution in [0.5, 0.6) is 0 Å². The van der Waals surface area contributed by atoms with Crippen LogP contribution in [-0.2, 0) is 6.54 Å². The zero-order valence-corrected chi connectivity index (χ0v) is 18.7. The van der Waals surface area contributed by atoms with Crippen molar-refractivity contribution in [2.24, 2.45) is 4.99 Å². The summed E-state index contributed by atoms with van der Waals surface area (Å²) >= 11 is 5.96. The molecule has 27 heavy (non-hydrogen) atoms. The van der Waals surface area contributed by atoms with E-state index in [0.717, 1.165) is 30.6 Å². The molecule has 0 radical (unpaired) electrons. The maximum absolute atomic E-state index is 5.96. The predicted molar refractivity (Wildman–Crippen MR) is 126 cm³/mol. The topological polar surface area (TPSA) is 39.7 Å². The van der Waals surface area contributed by atoms with Gasteiger partial charge in [0.1, 0.15) is 0 Å². The molecule has 0 bridgehead atoms. The molecule has 1 aliphatic rings. The molecule has 144 valence electrons. The summed E-state index contributed by atoms with van der Waals surface area (Å²) in [5.74, 6) is 0.778. The predicted octanol–water partition coefficient (Wildman–Crippen LogP) is 4.76. The Hall–Kier alpha value is -1.73. The molecule has 3 rings (SSSR count). The Balaban J connectivity index is 0.00000261. The van der Waals surface area contributed by atoms with Gasteiger partial charge in [-0.2, -0.15) is 0 Å². The monoisotopic (exact) mass is 496 g/mol. The third-order valence-electron chi connectivity index (χ3n) is 4.50. The highest BCUT2D eigenvalue weighted by atomic mass is 127. The van der Waals surface area contributed by atoms with E-state index >= 15 is 0 Å². The molecular weight excluding hydrogens is 471 g/mol. The van der Waals surface area contributed by atoms with Gasteiger partial charge in [-0.3, -0.25) is 4.99 Å². The van der Waals surface area contributed by atoms with Crippen LogP contribution in [0.3, 0.4) is 0 Å². The van der Waals surface area contributed by atoms with Crippen molar-refractivity contribution in [3.05, 3.63) is 76.8 Å². The minimum absolute atomic E-state index is 0. The van der Waals surface area contributed by atoms with Crippen molar-refractivity contribution >= 4 is 47.2 Å². The minimum Gasteiger partial charge on any atom is -0.364 e. The zero-order valence-electron chi connectivity index (χ0n) is 15.7. The van der Waals surface area contributed by atoms with Crippen LogP contribution < -0.4 is 15.5 Å². The SMILES string of the molecule is CN=C(NCc1cccc(N2CC=CC2)c1)NC(C)c1ccc(Cl)cc1.I. The summed E-state index contributed by atoms with van der Waals surface area (Å²) in [5, 5.41) is 7.56. The molecule has 6 heteroatoms. The highest BCUT2D eigenvalue weighted by molar-refractivity contribution is 14.0. The number of hydrogen-bond acceptors (Lipinski definition) is 2. The molecule has 0 saturated carbocycles. The molecule has 1 unspecified atom stereocenters. The fraction of sp³-hybridized carbons (Fsp3) is 0.286. The Morgan fingerprint density at radius 2 is 1.85 bits per heavy atom. The summed E-state index contributed by atoms with van der Waals surface area (Å²) in [6.45, 7) is 4.80. The lowest BCUT2D eigenvalue weighted by atomic mass is 10.1. The molecule has 0 aromatic heterocycles. The molecule has 1 aliphatic heterocycles. The van der Waals surface area contributed by atoms with Gasteiger partial charge in [-0.15, -0.1) is 24.0 Å². The zero-order chi connectivity index (χ0) is 18.4. The second-order valence-corrected chi connectivity index (χ2v) is 6.83. The minimum atomic E-state index is 0. The van der Waals surface area contributed by atoms with Crippen molar-refractivity contribution in [2.45, 2.75) is 19.5 Å². The van der Waals surface area contributed by atoms with Crippen LogP contribution in [-0.4, -0.2) is 26.1 Å². The van der Waals surface area contributed by atoms with Crippen LogP contribution in [0.25, 0.3) is 0 Å². The molecule has 0 spiro atoms. The Bertz CT molecular complexity index is 781. The van der Waals surface area contributed by atoms with Gasteiger partial charge in [-0.05, 0) is 42.3 Å². The number of hydrogen-bond donors (Lipinski definition) is 2. The van der Waals surface area contributed by atoms with Crippen molar-refractivity contribution in [3.8, 4) is 0 Å². The van der Waals surface area contributed by atoms with Crippen molar-refractivity contribution < 1.29 is 0 Å². The smallest absolute Gasteiger partial charge is 0.191 e. The van der Waals surface area contributed by atoms with E-state index < -0.39 is 0 Å². The fourth-order valence-corrected chi connectivity index (χ4v) is 3.10. The number of rotatable bonds is 5. The lowest BCUT2D eigenvalue weighted by Gasteiger charge is -2.20. The first-order chi connectivity index (χ1) is 12.7. The third-order valence-corrected chi connectivity index (χ3v) is 4.75. The number of benzene rings is 2. The molecule has 0 aliphatic carbocycles. The molecule has 1 atom stereocenters. The van der Waals surface area contributed by atoms with E-state index in [-0.39, 0.29) is 30.0 Å². The summed E-state index contributed by atoms with van der Waals surface area (Å²) in [5.41, 5.74) is 3.66. The lowest BCUT2D eigenvalue weighted by Crippen LogP contribution is -2.38. The summed E-state index contributed by atoms with van der Waals surface area (Å²) < 4.78 is 0. The molecule has 4 nitrogen and oxygen atoms in total. The first-order valence-electron chi connectivity index (χ1n) is 8.87. The lowest BCUT2D eigenvalue weighted by molar-refractivity contribution is 0.685. The van der Waals surface area contributed by atoms with E-state index in [9.17, 15) is 0 Å². The number of halogens is 2. The first kappa shape index (κ1) is 21.6. The molecule has 2 N–H and O–H groups in total. The molecule has 2 aromatic carbocycles. The summed E-state index contributed by atoms with van der Waals surface area (Å²) in [7, 11) is 1.79. The van der Waals surface area contributed by atoms with Crippen molar-refractivity contribution in [3.63, 3.8) is 0 Å². The quantitative estimate of drug-likeness (QED) is 0.271. The number of nitrogens with zero attached hydrogens (tertiary/aromatic N) is 2. The average Bonchev–Trinajstić information content (AvgIpc) is 3.20. The van der Waals surface area contributed by atoms with Crippen LogP contribution in [0.15, 0.2) is 65.7 Å². The van der Waals surface area contributed by atoms with Gasteiger partial charge in [-0.1, -0.05) is 48.0 Å². The average molecular weight is 497 g/mol. The summed E-state index contributed by atoms with van der Waals surface area (Å²) in [6.07, 6.45) is 4.41. The largest absolute Gasteiger partial charge is 0.364 e. The Labute approximate surface area is 183 Å². The van der Waals surface area contributed by atoms with Crippen molar-refractivity contribution in [1.82, 2.24) is 10.6 Å². The third kappa shape index (κ3) is 6.14. The number of nitrogens with one attached hydrogen (secondary N) is 2. The van der Waals surface area contributed by atoms with E-state index in [1.807, 2.05) is 24.3 Å². The fourth-order valence-electron chi connectivity index (χ4n) is 2.97. The van der Waals surface area contributed by atoms with Crippen molar-refractivity contribution in [2.75, 3.05) is 25.0 Å².